The molecule has 65 valence electrons. The van der Waals surface area contributed by atoms with Crippen molar-refractivity contribution in [2.45, 2.75) is 18.6 Å². The average molecular weight is 164 g/mol. The van der Waals surface area contributed by atoms with Gasteiger partial charge in [0.25, 0.3) is 0 Å². The normalized spacial score (nSPS) is 15.6. The SMILES string of the molecule is [CH2]C(O)CC(N)c1ccccc1. The summed E-state index contributed by atoms with van der Waals surface area (Å²) in [5.41, 5.74) is 6.84. The van der Waals surface area contributed by atoms with Gasteiger partial charge in [-0.05, 0) is 18.9 Å². The summed E-state index contributed by atoms with van der Waals surface area (Å²) in [4.78, 5) is 0. The zero-order valence-corrected chi connectivity index (χ0v) is 6.98. The van der Waals surface area contributed by atoms with Gasteiger partial charge in [-0.25, -0.2) is 0 Å². The smallest absolute Gasteiger partial charge is 0.0559 e. The van der Waals surface area contributed by atoms with Gasteiger partial charge in [-0.2, -0.15) is 0 Å². The summed E-state index contributed by atoms with van der Waals surface area (Å²) in [5.74, 6) is 0. The van der Waals surface area contributed by atoms with E-state index in [2.05, 4.69) is 6.92 Å². The summed E-state index contributed by atoms with van der Waals surface area (Å²) in [5, 5.41) is 8.99. The molecule has 0 bridgehead atoms. The van der Waals surface area contributed by atoms with Crippen molar-refractivity contribution in [2.75, 3.05) is 0 Å². The molecule has 0 fully saturated rings. The first-order chi connectivity index (χ1) is 5.70. The van der Waals surface area contributed by atoms with Gasteiger partial charge in [-0.15, -0.1) is 0 Å². The van der Waals surface area contributed by atoms with Crippen LogP contribution in [-0.2, 0) is 0 Å². The second kappa shape index (κ2) is 4.24. The summed E-state index contributed by atoms with van der Waals surface area (Å²) >= 11 is 0. The number of hydrogen-bond acceptors (Lipinski definition) is 2. The van der Waals surface area contributed by atoms with Crippen molar-refractivity contribution >= 4 is 0 Å². The van der Waals surface area contributed by atoms with E-state index < -0.39 is 6.10 Å². The van der Waals surface area contributed by atoms with E-state index >= 15 is 0 Å². The maximum atomic E-state index is 8.99. The van der Waals surface area contributed by atoms with E-state index in [-0.39, 0.29) is 6.04 Å². The molecule has 2 atom stereocenters. The molecule has 0 spiro atoms. The molecular weight excluding hydrogens is 150 g/mol. The van der Waals surface area contributed by atoms with E-state index in [0.29, 0.717) is 6.42 Å². The highest BCUT2D eigenvalue weighted by Crippen LogP contribution is 2.14. The molecular formula is C10H14NO. The molecule has 2 nitrogen and oxygen atoms in total. The molecule has 12 heavy (non-hydrogen) atoms. The van der Waals surface area contributed by atoms with Gasteiger partial charge in [-0.1, -0.05) is 30.3 Å². The lowest BCUT2D eigenvalue weighted by Crippen LogP contribution is -2.16. The topological polar surface area (TPSA) is 46.2 Å². The van der Waals surface area contributed by atoms with Crippen LogP contribution in [0.3, 0.4) is 0 Å². The first-order valence-electron chi connectivity index (χ1n) is 4.02. The van der Waals surface area contributed by atoms with E-state index in [0.717, 1.165) is 5.56 Å². The van der Waals surface area contributed by atoms with Gasteiger partial charge >= 0.3 is 0 Å². The minimum atomic E-state index is -0.583. The van der Waals surface area contributed by atoms with Crippen LogP contribution in [0.15, 0.2) is 30.3 Å². The molecule has 0 aliphatic heterocycles. The van der Waals surface area contributed by atoms with E-state index in [9.17, 15) is 0 Å². The molecule has 0 heterocycles. The zero-order valence-electron chi connectivity index (χ0n) is 6.98. The minimum absolute atomic E-state index is 0.112. The fourth-order valence-electron chi connectivity index (χ4n) is 1.13. The maximum absolute atomic E-state index is 8.99. The fraction of sp³-hybridized carbons (Fsp3) is 0.300. The lowest BCUT2D eigenvalue weighted by atomic mass is 10.0. The number of rotatable bonds is 3. The Morgan fingerprint density at radius 1 is 1.33 bits per heavy atom. The average Bonchev–Trinajstić information content (AvgIpc) is 2.05. The molecule has 3 N–H and O–H groups in total. The largest absolute Gasteiger partial charge is 0.393 e. The van der Waals surface area contributed by atoms with Gasteiger partial charge in [0.1, 0.15) is 0 Å². The predicted molar refractivity (Wildman–Crippen MR) is 49.4 cm³/mol. The highest BCUT2D eigenvalue weighted by atomic mass is 16.3. The van der Waals surface area contributed by atoms with Crippen molar-refractivity contribution in [1.29, 1.82) is 0 Å². The summed E-state index contributed by atoms with van der Waals surface area (Å²) in [6.07, 6.45) is -0.0792. The molecule has 0 aliphatic carbocycles. The monoisotopic (exact) mass is 164 g/mol. The van der Waals surface area contributed by atoms with Gasteiger partial charge < -0.3 is 10.8 Å². The predicted octanol–water partition coefficient (Wildman–Crippen LogP) is 1.27. The Morgan fingerprint density at radius 2 is 1.92 bits per heavy atom. The highest BCUT2D eigenvalue weighted by molar-refractivity contribution is 5.18. The summed E-state index contributed by atoms with van der Waals surface area (Å²) < 4.78 is 0. The number of hydrogen-bond donors (Lipinski definition) is 2. The van der Waals surface area contributed by atoms with Crippen molar-refractivity contribution in [3.8, 4) is 0 Å². The summed E-state index contributed by atoms with van der Waals surface area (Å²) in [6.45, 7) is 3.48. The molecule has 0 aliphatic rings. The Morgan fingerprint density at radius 3 is 2.42 bits per heavy atom. The molecule has 0 amide bonds. The number of aliphatic hydroxyl groups excluding tert-OH is 1. The van der Waals surface area contributed by atoms with Gasteiger partial charge in [0.15, 0.2) is 0 Å². The van der Waals surface area contributed by atoms with Gasteiger partial charge in [0, 0.05) is 6.04 Å². The summed E-state index contributed by atoms with van der Waals surface area (Å²) in [6, 6.07) is 9.60. The third-order valence-electron chi connectivity index (χ3n) is 1.75. The molecule has 0 saturated heterocycles. The molecule has 0 aromatic heterocycles. The Labute approximate surface area is 73.0 Å². The zero-order chi connectivity index (χ0) is 8.97. The molecule has 2 unspecified atom stereocenters. The van der Waals surface area contributed by atoms with Crippen molar-refractivity contribution in [2.24, 2.45) is 5.73 Å². The maximum Gasteiger partial charge on any atom is 0.0559 e. The van der Waals surface area contributed by atoms with E-state index in [1.807, 2.05) is 30.3 Å². The van der Waals surface area contributed by atoms with Crippen molar-refractivity contribution < 1.29 is 5.11 Å². The van der Waals surface area contributed by atoms with Gasteiger partial charge in [-0.3, -0.25) is 0 Å². The van der Waals surface area contributed by atoms with Crippen LogP contribution in [0.2, 0.25) is 0 Å². The highest BCUT2D eigenvalue weighted by Gasteiger charge is 2.07. The van der Waals surface area contributed by atoms with Crippen LogP contribution in [-0.4, -0.2) is 11.2 Å². The van der Waals surface area contributed by atoms with E-state index in [4.69, 9.17) is 10.8 Å². The molecule has 0 saturated carbocycles. The van der Waals surface area contributed by atoms with Crippen LogP contribution < -0.4 is 5.73 Å². The molecule has 1 aromatic rings. The van der Waals surface area contributed by atoms with Crippen LogP contribution in [0.5, 0.6) is 0 Å². The van der Waals surface area contributed by atoms with Gasteiger partial charge in [0.05, 0.1) is 6.10 Å². The Bertz CT molecular complexity index is 221. The number of benzene rings is 1. The fourth-order valence-corrected chi connectivity index (χ4v) is 1.13. The van der Waals surface area contributed by atoms with Crippen LogP contribution in [0.25, 0.3) is 0 Å². The Balaban J connectivity index is 2.59. The molecule has 1 aromatic carbocycles. The second-order valence-electron chi connectivity index (χ2n) is 2.91. The molecule has 1 rings (SSSR count). The van der Waals surface area contributed by atoms with Gasteiger partial charge in [0.2, 0.25) is 0 Å². The number of nitrogens with two attached hydrogens (primary N) is 1. The summed E-state index contributed by atoms with van der Waals surface area (Å²) in [7, 11) is 0. The first kappa shape index (κ1) is 9.23. The Hall–Kier alpha value is -0.860. The van der Waals surface area contributed by atoms with Crippen molar-refractivity contribution in [1.82, 2.24) is 0 Å². The van der Waals surface area contributed by atoms with Crippen molar-refractivity contribution in [3.05, 3.63) is 42.8 Å². The Kier molecular flexibility index (Phi) is 3.26. The first-order valence-corrected chi connectivity index (χ1v) is 4.02. The lowest BCUT2D eigenvalue weighted by molar-refractivity contribution is 0.200. The van der Waals surface area contributed by atoms with Crippen LogP contribution in [0.1, 0.15) is 18.0 Å². The van der Waals surface area contributed by atoms with Crippen LogP contribution >= 0.6 is 0 Å². The quantitative estimate of drug-likeness (QED) is 0.706. The standard InChI is InChI=1S/C10H14NO/c1-8(12)7-10(11)9-5-3-2-4-6-9/h2-6,8,10,12H,1,7,11H2. The lowest BCUT2D eigenvalue weighted by Gasteiger charge is -2.13. The third-order valence-corrected chi connectivity index (χ3v) is 1.75. The second-order valence-corrected chi connectivity index (χ2v) is 2.91. The molecule has 1 radical (unpaired) electrons. The van der Waals surface area contributed by atoms with E-state index in [1.165, 1.54) is 0 Å². The minimum Gasteiger partial charge on any atom is -0.393 e. The van der Waals surface area contributed by atoms with Crippen LogP contribution in [0.4, 0.5) is 0 Å². The van der Waals surface area contributed by atoms with E-state index in [1.54, 1.807) is 0 Å². The number of aliphatic hydroxyl groups is 1. The molecule has 2 heteroatoms. The van der Waals surface area contributed by atoms with Crippen LogP contribution in [0, 0.1) is 6.92 Å². The third kappa shape index (κ3) is 2.64. The van der Waals surface area contributed by atoms with Crippen molar-refractivity contribution in [3.63, 3.8) is 0 Å².